The van der Waals surface area contributed by atoms with Crippen molar-refractivity contribution in [2.45, 2.75) is 39.3 Å². The summed E-state index contributed by atoms with van der Waals surface area (Å²) in [6.07, 6.45) is 1.88. The van der Waals surface area contributed by atoms with Crippen LogP contribution in [0.5, 0.6) is 0 Å². The van der Waals surface area contributed by atoms with E-state index in [2.05, 4.69) is 45.9 Å². The highest BCUT2D eigenvalue weighted by Gasteiger charge is 2.23. The summed E-state index contributed by atoms with van der Waals surface area (Å²) in [6, 6.07) is 0. The minimum Gasteiger partial charge on any atom is -0.520 e. The van der Waals surface area contributed by atoms with Crippen LogP contribution < -0.4 is 0 Å². The minimum absolute atomic E-state index is 0.699. The molecule has 0 radical (unpaired) electrons. The normalized spacial score (nSPS) is 11.9. The highest BCUT2D eigenvalue weighted by atomic mass is 32.2. The van der Waals surface area contributed by atoms with Crippen LogP contribution in [-0.2, 0) is 8.85 Å². The van der Waals surface area contributed by atoms with Crippen molar-refractivity contribution in [3.63, 3.8) is 0 Å². The molecule has 0 aromatic rings. The van der Waals surface area contributed by atoms with E-state index < -0.39 is 16.6 Å². The van der Waals surface area contributed by atoms with E-state index in [1.54, 1.807) is 11.8 Å². The van der Waals surface area contributed by atoms with Crippen LogP contribution in [0, 0.1) is 0 Å². The van der Waals surface area contributed by atoms with Crippen LogP contribution in [0.1, 0.15) is 0 Å². The maximum absolute atomic E-state index is 5.92. The summed E-state index contributed by atoms with van der Waals surface area (Å²) in [6.45, 7) is 16.6. The molecule has 0 N–H and O–H groups in total. The Labute approximate surface area is 106 Å². The Balaban J connectivity index is 4.50. The van der Waals surface area contributed by atoms with Crippen molar-refractivity contribution in [2.24, 2.45) is 0 Å². The Morgan fingerprint density at radius 1 is 1.06 bits per heavy atom. The SMILES string of the molecule is C=CCSC=C(O[Si](C)(C)C)O[Si](C)(C)C. The van der Waals surface area contributed by atoms with Crippen LogP contribution in [0.2, 0.25) is 39.3 Å². The number of thioether (sulfide) groups is 1. The van der Waals surface area contributed by atoms with Crippen molar-refractivity contribution in [3.8, 4) is 0 Å². The second kappa shape index (κ2) is 6.56. The summed E-state index contributed by atoms with van der Waals surface area (Å²) in [5, 5.41) is 1.97. The van der Waals surface area contributed by atoms with Gasteiger partial charge in [0.1, 0.15) is 0 Å². The largest absolute Gasteiger partial charge is 0.520 e. The molecule has 0 rings (SSSR count). The maximum Gasteiger partial charge on any atom is 0.258 e. The second-order valence-corrected chi connectivity index (χ2v) is 15.2. The Bertz CT molecular complexity index is 234. The van der Waals surface area contributed by atoms with E-state index in [0.29, 0.717) is 5.95 Å². The smallest absolute Gasteiger partial charge is 0.258 e. The van der Waals surface area contributed by atoms with Crippen LogP contribution in [0.15, 0.2) is 24.0 Å². The fraction of sp³-hybridized carbons (Fsp3) is 0.636. The topological polar surface area (TPSA) is 18.5 Å². The van der Waals surface area contributed by atoms with Gasteiger partial charge in [0.25, 0.3) is 5.95 Å². The maximum atomic E-state index is 5.92. The Hall–Kier alpha value is -0.136. The molecule has 2 nitrogen and oxygen atoms in total. The molecule has 0 aliphatic carbocycles. The molecule has 0 spiro atoms. The van der Waals surface area contributed by atoms with E-state index in [9.17, 15) is 0 Å². The lowest BCUT2D eigenvalue weighted by Crippen LogP contribution is -2.31. The third-order valence-electron chi connectivity index (χ3n) is 1.21. The molecule has 16 heavy (non-hydrogen) atoms. The fourth-order valence-corrected chi connectivity index (χ4v) is 2.98. The number of hydrogen-bond acceptors (Lipinski definition) is 3. The van der Waals surface area contributed by atoms with Crippen molar-refractivity contribution in [1.29, 1.82) is 0 Å². The zero-order chi connectivity index (χ0) is 12.8. The third-order valence-corrected chi connectivity index (χ3v) is 3.62. The van der Waals surface area contributed by atoms with Gasteiger partial charge < -0.3 is 8.85 Å². The lowest BCUT2D eigenvalue weighted by Gasteiger charge is -2.27. The molecule has 0 aliphatic rings. The summed E-state index contributed by atoms with van der Waals surface area (Å²) >= 11 is 1.66. The van der Waals surface area contributed by atoms with E-state index in [1.165, 1.54) is 0 Å². The lowest BCUT2D eigenvalue weighted by molar-refractivity contribution is 0.218. The summed E-state index contributed by atoms with van der Waals surface area (Å²) in [4.78, 5) is 0. The Morgan fingerprint density at radius 3 is 1.81 bits per heavy atom. The van der Waals surface area contributed by atoms with Gasteiger partial charge in [0.2, 0.25) is 16.6 Å². The molecule has 0 saturated carbocycles. The molecular weight excluding hydrogens is 252 g/mol. The summed E-state index contributed by atoms with van der Waals surface area (Å²) < 4.78 is 11.8. The fourth-order valence-electron chi connectivity index (χ4n) is 0.857. The van der Waals surface area contributed by atoms with E-state index in [-0.39, 0.29) is 0 Å². The molecule has 0 unspecified atom stereocenters. The monoisotopic (exact) mass is 276 g/mol. The quantitative estimate of drug-likeness (QED) is 0.297. The molecule has 0 aliphatic heterocycles. The molecule has 0 atom stereocenters. The molecule has 0 fully saturated rings. The highest BCUT2D eigenvalue weighted by Crippen LogP contribution is 2.20. The molecular formula is C11H24O2SSi2. The van der Waals surface area contributed by atoms with Crippen LogP contribution in [-0.4, -0.2) is 22.4 Å². The average Bonchev–Trinajstić information content (AvgIpc) is 1.97. The van der Waals surface area contributed by atoms with E-state index in [4.69, 9.17) is 8.85 Å². The standard InChI is InChI=1S/C11H24O2SSi2/c1-8-9-14-10-11(12-15(2,3)4)13-16(5,6)7/h8,10H,1,9H2,2-7H3. The van der Waals surface area contributed by atoms with Gasteiger partial charge in [-0.1, -0.05) is 6.08 Å². The van der Waals surface area contributed by atoms with Crippen molar-refractivity contribution >= 4 is 28.4 Å². The molecule has 0 saturated heterocycles. The average molecular weight is 277 g/mol. The lowest BCUT2D eigenvalue weighted by atomic mass is 10.8. The van der Waals surface area contributed by atoms with Gasteiger partial charge in [-0.05, 0) is 39.3 Å². The van der Waals surface area contributed by atoms with Crippen molar-refractivity contribution in [1.82, 2.24) is 0 Å². The van der Waals surface area contributed by atoms with E-state index in [1.807, 2.05) is 11.5 Å². The summed E-state index contributed by atoms with van der Waals surface area (Å²) in [7, 11) is -3.18. The number of hydrogen-bond donors (Lipinski definition) is 0. The van der Waals surface area contributed by atoms with Gasteiger partial charge in [-0.25, -0.2) is 0 Å². The van der Waals surface area contributed by atoms with Gasteiger partial charge in [0.05, 0.1) is 0 Å². The predicted octanol–water partition coefficient (Wildman–Crippen LogP) is 4.41. The van der Waals surface area contributed by atoms with E-state index in [0.717, 1.165) is 5.75 Å². The van der Waals surface area contributed by atoms with Gasteiger partial charge in [0, 0.05) is 11.2 Å². The van der Waals surface area contributed by atoms with Gasteiger partial charge in [-0.2, -0.15) is 0 Å². The van der Waals surface area contributed by atoms with E-state index >= 15 is 0 Å². The Morgan fingerprint density at radius 2 is 1.50 bits per heavy atom. The van der Waals surface area contributed by atoms with Gasteiger partial charge in [-0.15, -0.1) is 18.3 Å². The van der Waals surface area contributed by atoms with Gasteiger partial charge in [0.15, 0.2) is 0 Å². The molecule has 5 heteroatoms. The first-order valence-electron chi connectivity index (χ1n) is 5.45. The van der Waals surface area contributed by atoms with Crippen LogP contribution in [0.3, 0.4) is 0 Å². The highest BCUT2D eigenvalue weighted by molar-refractivity contribution is 8.02. The molecule has 0 amide bonds. The first kappa shape index (κ1) is 15.9. The van der Waals surface area contributed by atoms with Crippen molar-refractivity contribution in [3.05, 3.63) is 24.0 Å². The first-order valence-corrected chi connectivity index (χ1v) is 13.3. The predicted molar refractivity (Wildman–Crippen MR) is 79.6 cm³/mol. The minimum atomic E-state index is -1.59. The molecule has 0 aromatic heterocycles. The van der Waals surface area contributed by atoms with Crippen molar-refractivity contribution in [2.75, 3.05) is 5.75 Å². The summed E-state index contributed by atoms with van der Waals surface area (Å²) in [5.74, 6) is 1.58. The summed E-state index contributed by atoms with van der Waals surface area (Å²) in [5.41, 5.74) is 0. The first-order chi connectivity index (χ1) is 7.14. The van der Waals surface area contributed by atoms with Crippen LogP contribution in [0.25, 0.3) is 0 Å². The molecule has 0 aromatic carbocycles. The Kier molecular flexibility index (Phi) is 6.51. The number of rotatable bonds is 7. The van der Waals surface area contributed by atoms with Gasteiger partial charge >= 0.3 is 0 Å². The zero-order valence-electron chi connectivity index (χ0n) is 11.3. The second-order valence-electron chi connectivity index (χ2n) is 5.49. The third kappa shape index (κ3) is 10.4. The molecule has 0 bridgehead atoms. The van der Waals surface area contributed by atoms with Crippen LogP contribution in [0.4, 0.5) is 0 Å². The van der Waals surface area contributed by atoms with Crippen molar-refractivity contribution < 1.29 is 8.85 Å². The molecule has 94 valence electrons. The van der Waals surface area contributed by atoms with Crippen LogP contribution >= 0.6 is 11.8 Å². The van der Waals surface area contributed by atoms with Gasteiger partial charge in [-0.3, -0.25) is 0 Å². The zero-order valence-corrected chi connectivity index (χ0v) is 14.1. The molecule has 0 heterocycles.